The number of hydrogen-bond acceptors (Lipinski definition) is 2. The molecule has 2 fully saturated rings. The van der Waals surface area contributed by atoms with Crippen LogP contribution in [0.1, 0.15) is 19.3 Å². The molecule has 64 valence electrons. The lowest BCUT2D eigenvalue weighted by Gasteiger charge is -2.22. The number of aliphatic hydroxyl groups is 1. The lowest BCUT2D eigenvalue weighted by molar-refractivity contribution is 0.245. The minimum absolute atomic E-state index is 0.425. The van der Waals surface area contributed by atoms with Crippen LogP contribution < -0.4 is 5.32 Å². The number of hydrogen-bond donors (Lipinski definition) is 2. The molecule has 0 aromatic heterocycles. The largest absolute Gasteiger partial charge is 0.396 e. The Bertz CT molecular complexity index is 132. The summed E-state index contributed by atoms with van der Waals surface area (Å²) in [6.45, 7) is 2.81. The second-order valence-corrected chi connectivity index (χ2v) is 3.93. The molecule has 0 spiro atoms. The van der Waals surface area contributed by atoms with Gasteiger partial charge in [0.2, 0.25) is 0 Å². The fourth-order valence-corrected chi connectivity index (χ4v) is 2.33. The molecular weight excluding hydrogens is 138 g/mol. The van der Waals surface area contributed by atoms with Gasteiger partial charge in [0, 0.05) is 6.61 Å². The Labute approximate surface area is 68.0 Å². The Morgan fingerprint density at radius 3 is 2.55 bits per heavy atom. The van der Waals surface area contributed by atoms with Gasteiger partial charge < -0.3 is 10.4 Å². The molecule has 1 aliphatic carbocycles. The van der Waals surface area contributed by atoms with E-state index in [0.29, 0.717) is 12.5 Å². The molecular formula is C9H17NO. The Morgan fingerprint density at radius 1 is 1.27 bits per heavy atom. The van der Waals surface area contributed by atoms with Crippen LogP contribution in [0.3, 0.4) is 0 Å². The summed E-state index contributed by atoms with van der Waals surface area (Å²) in [4.78, 5) is 0. The molecule has 1 saturated heterocycles. The number of piperidine rings is 1. The highest BCUT2D eigenvalue weighted by Crippen LogP contribution is 2.46. The third kappa shape index (κ3) is 1.57. The van der Waals surface area contributed by atoms with Crippen molar-refractivity contribution in [3.05, 3.63) is 0 Å². The van der Waals surface area contributed by atoms with Crippen LogP contribution in [0.4, 0.5) is 0 Å². The highest BCUT2D eigenvalue weighted by molar-refractivity contribution is 4.92. The molecule has 0 unspecified atom stereocenters. The second-order valence-electron chi connectivity index (χ2n) is 3.93. The fraction of sp³-hybridized carbons (Fsp3) is 1.00. The van der Waals surface area contributed by atoms with E-state index in [0.717, 1.165) is 11.8 Å². The van der Waals surface area contributed by atoms with E-state index in [-0.39, 0.29) is 0 Å². The minimum Gasteiger partial charge on any atom is -0.396 e. The maximum atomic E-state index is 8.89. The molecule has 0 aromatic rings. The van der Waals surface area contributed by atoms with Gasteiger partial charge in [-0.15, -0.1) is 0 Å². The smallest absolute Gasteiger partial charge is 0.0462 e. The topological polar surface area (TPSA) is 32.3 Å². The fourth-order valence-electron chi connectivity index (χ4n) is 2.33. The normalized spacial score (nSPS) is 39.0. The summed E-state index contributed by atoms with van der Waals surface area (Å²) in [7, 11) is 0. The van der Waals surface area contributed by atoms with Crippen LogP contribution in [0.15, 0.2) is 0 Å². The Hall–Kier alpha value is -0.0800. The van der Waals surface area contributed by atoms with E-state index in [2.05, 4.69) is 5.32 Å². The van der Waals surface area contributed by atoms with Crippen LogP contribution in [0.25, 0.3) is 0 Å². The van der Waals surface area contributed by atoms with E-state index in [9.17, 15) is 0 Å². The van der Waals surface area contributed by atoms with Crippen molar-refractivity contribution in [3.8, 4) is 0 Å². The van der Waals surface area contributed by atoms with Gasteiger partial charge in [0.25, 0.3) is 0 Å². The van der Waals surface area contributed by atoms with E-state index in [4.69, 9.17) is 5.11 Å². The third-order valence-corrected chi connectivity index (χ3v) is 3.20. The summed E-state index contributed by atoms with van der Waals surface area (Å²) < 4.78 is 0. The van der Waals surface area contributed by atoms with E-state index in [1.165, 1.54) is 32.4 Å². The number of rotatable bonds is 2. The average Bonchev–Trinajstić information content (AvgIpc) is 2.85. The molecule has 0 bridgehead atoms. The highest BCUT2D eigenvalue weighted by atomic mass is 16.3. The van der Waals surface area contributed by atoms with Crippen molar-refractivity contribution in [1.82, 2.24) is 5.32 Å². The van der Waals surface area contributed by atoms with Crippen LogP contribution in [0.2, 0.25) is 0 Å². The van der Waals surface area contributed by atoms with Crippen molar-refractivity contribution >= 4 is 0 Å². The van der Waals surface area contributed by atoms with E-state index >= 15 is 0 Å². The first-order valence-electron chi connectivity index (χ1n) is 4.73. The number of nitrogens with one attached hydrogen (secondary N) is 1. The number of aliphatic hydroxyl groups excluding tert-OH is 1. The Morgan fingerprint density at radius 2 is 2.00 bits per heavy atom. The first-order valence-corrected chi connectivity index (χ1v) is 4.73. The van der Waals surface area contributed by atoms with Crippen molar-refractivity contribution in [2.24, 2.45) is 17.8 Å². The highest BCUT2D eigenvalue weighted by Gasteiger charge is 2.41. The van der Waals surface area contributed by atoms with Crippen LogP contribution in [-0.2, 0) is 0 Å². The van der Waals surface area contributed by atoms with Crippen LogP contribution in [0.5, 0.6) is 0 Å². The predicted molar refractivity (Wildman–Crippen MR) is 44.3 cm³/mol. The van der Waals surface area contributed by atoms with E-state index in [1.807, 2.05) is 0 Å². The first-order chi connectivity index (χ1) is 5.42. The summed E-state index contributed by atoms with van der Waals surface area (Å²) in [6, 6.07) is 0. The zero-order valence-corrected chi connectivity index (χ0v) is 6.92. The standard InChI is InChI=1S/C9H17NO/c11-6-8-5-9(8)7-1-3-10-4-2-7/h7-11H,1-6H2/t8-,9+/m0/s1. The zero-order valence-electron chi connectivity index (χ0n) is 6.92. The van der Waals surface area contributed by atoms with Crippen molar-refractivity contribution in [3.63, 3.8) is 0 Å². The van der Waals surface area contributed by atoms with Crippen LogP contribution in [-0.4, -0.2) is 24.8 Å². The molecule has 0 aromatic carbocycles. The summed E-state index contributed by atoms with van der Waals surface area (Å²) in [6.07, 6.45) is 3.96. The molecule has 0 amide bonds. The molecule has 1 heterocycles. The molecule has 0 radical (unpaired) electrons. The van der Waals surface area contributed by atoms with Gasteiger partial charge in [-0.3, -0.25) is 0 Å². The van der Waals surface area contributed by atoms with Crippen LogP contribution in [0, 0.1) is 17.8 Å². The Kier molecular flexibility index (Phi) is 2.14. The van der Waals surface area contributed by atoms with Gasteiger partial charge in [-0.1, -0.05) is 0 Å². The van der Waals surface area contributed by atoms with Gasteiger partial charge in [0.05, 0.1) is 0 Å². The maximum Gasteiger partial charge on any atom is 0.0462 e. The molecule has 11 heavy (non-hydrogen) atoms. The van der Waals surface area contributed by atoms with Gasteiger partial charge in [-0.2, -0.15) is 0 Å². The second kappa shape index (κ2) is 3.11. The van der Waals surface area contributed by atoms with Gasteiger partial charge in [-0.25, -0.2) is 0 Å². The first kappa shape index (κ1) is 7.56. The summed E-state index contributed by atoms with van der Waals surface area (Å²) in [5.41, 5.74) is 0. The third-order valence-electron chi connectivity index (χ3n) is 3.20. The average molecular weight is 155 g/mol. The van der Waals surface area contributed by atoms with Gasteiger partial charge >= 0.3 is 0 Å². The molecule has 2 rings (SSSR count). The summed E-state index contributed by atoms with van der Waals surface area (Å²) in [5.74, 6) is 2.47. The van der Waals surface area contributed by atoms with Gasteiger partial charge in [0.15, 0.2) is 0 Å². The maximum absolute atomic E-state index is 8.89. The quantitative estimate of drug-likeness (QED) is 0.612. The lowest BCUT2D eigenvalue weighted by atomic mass is 9.92. The van der Waals surface area contributed by atoms with Crippen molar-refractivity contribution in [1.29, 1.82) is 0 Å². The molecule has 1 aliphatic heterocycles. The van der Waals surface area contributed by atoms with E-state index < -0.39 is 0 Å². The van der Waals surface area contributed by atoms with Gasteiger partial charge in [-0.05, 0) is 50.1 Å². The molecule has 1 saturated carbocycles. The zero-order chi connectivity index (χ0) is 7.68. The van der Waals surface area contributed by atoms with E-state index in [1.54, 1.807) is 0 Å². The van der Waals surface area contributed by atoms with Gasteiger partial charge in [0.1, 0.15) is 0 Å². The SMILES string of the molecule is OC[C@@H]1C[C@@H]1C1CCNCC1. The predicted octanol–water partition coefficient (Wildman–Crippen LogP) is 0.614. The van der Waals surface area contributed by atoms with Crippen LogP contribution >= 0.6 is 0 Å². The summed E-state index contributed by atoms with van der Waals surface area (Å²) in [5, 5.41) is 12.3. The molecule has 2 aliphatic rings. The lowest BCUT2D eigenvalue weighted by Crippen LogP contribution is -2.29. The van der Waals surface area contributed by atoms with Crippen molar-refractivity contribution in [2.75, 3.05) is 19.7 Å². The monoisotopic (exact) mass is 155 g/mol. The molecule has 2 nitrogen and oxygen atoms in total. The minimum atomic E-state index is 0.425. The Balaban J connectivity index is 1.77. The molecule has 2 heteroatoms. The molecule has 2 N–H and O–H groups in total. The summed E-state index contributed by atoms with van der Waals surface area (Å²) >= 11 is 0. The van der Waals surface area contributed by atoms with Crippen molar-refractivity contribution < 1.29 is 5.11 Å². The van der Waals surface area contributed by atoms with Crippen molar-refractivity contribution in [2.45, 2.75) is 19.3 Å². The molecule has 2 atom stereocenters.